The van der Waals surface area contributed by atoms with E-state index in [0.29, 0.717) is 22.9 Å². The largest absolute Gasteiger partial charge is 0.516 e. The van der Waals surface area contributed by atoms with Gasteiger partial charge in [0.2, 0.25) is 11.9 Å². The lowest BCUT2D eigenvalue weighted by molar-refractivity contribution is -0.120. The smallest absolute Gasteiger partial charge is 0.327 e. The van der Waals surface area contributed by atoms with Gasteiger partial charge in [0.15, 0.2) is 0 Å². The number of fused-ring (bicyclic) bond motifs is 1. The number of anilines is 4. The lowest BCUT2D eigenvalue weighted by atomic mass is 10.1. The summed E-state index contributed by atoms with van der Waals surface area (Å²) in [5.41, 5.74) is 9.72. The van der Waals surface area contributed by atoms with Gasteiger partial charge in [0, 0.05) is 23.9 Å². The van der Waals surface area contributed by atoms with Crippen LogP contribution in [0.1, 0.15) is 30.0 Å². The van der Waals surface area contributed by atoms with E-state index in [1.807, 2.05) is 43.3 Å². The van der Waals surface area contributed by atoms with E-state index in [4.69, 9.17) is 5.73 Å². The second kappa shape index (κ2) is 13.2. The van der Waals surface area contributed by atoms with Gasteiger partial charge in [-0.25, -0.2) is 9.78 Å². The standard InChI is InChI=1S/C29H32N8O4/c1-18-10-11-22(15-24(18)37-17-21-16-32-28(30)35-26(21)36-29(37)41)34-25(39)9-6-13-31-27(40)19(2)33-23(12-14-38)20-7-4-3-5-8-20/h3-8,10-16,19,25,34,38-39H,9,17H2,1-2H3,(H,31,40)(H3,30,32,35,36,41)/b13-6+,14-12+,33-23+/t19-,25?/m0/s1. The van der Waals surface area contributed by atoms with Gasteiger partial charge >= 0.3 is 6.03 Å². The zero-order valence-electron chi connectivity index (χ0n) is 22.7. The number of amides is 3. The minimum absolute atomic E-state index is 0.0816. The van der Waals surface area contributed by atoms with Crippen LogP contribution in [-0.2, 0) is 11.3 Å². The maximum Gasteiger partial charge on any atom is 0.327 e. The second-order valence-electron chi connectivity index (χ2n) is 9.30. The summed E-state index contributed by atoms with van der Waals surface area (Å²) in [4.78, 5) is 39.3. The van der Waals surface area contributed by atoms with Gasteiger partial charge in [-0.3, -0.25) is 20.0 Å². The van der Waals surface area contributed by atoms with Crippen LogP contribution in [0.5, 0.6) is 0 Å². The molecule has 0 radical (unpaired) electrons. The Bertz CT molecular complexity index is 1490. The third-order valence-electron chi connectivity index (χ3n) is 6.23. The van der Waals surface area contributed by atoms with Crippen LogP contribution in [0, 0.1) is 6.92 Å². The molecule has 41 heavy (non-hydrogen) atoms. The molecule has 12 nitrogen and oxygen atoms in total. The first-order chi connectivity index (χ1) is 19.7. The van der Waals surface area contributed by atoms with E-state index in [9.17, 15) is 19.8 Å². The summed E-state index contributed by atoms with van der Waals surface area (Å²) in [6.07, 6.45) is 6.20. The van der Waals surface area contributed by atoms with Crippen LogP contribution in [-0.4, -0.2) is 50.1 Å². The van der Waals surface area contributed by atoms with Crippen LogP contribution in [0.25, 0.3) is 0 Å². The summed E-state index contributed by atoms with van der Waals surface area (Å²) < 4.78 is 0. The number of nitrogens with one attached hydrogen (secondary N) is 3. The van der Waals surface area contributed by atoms with Gasteiger partial charge in [-0.2, -0.15) is 4.98 Å². The van der Waals surface area contributed by atoms with Crippen LogP contribution < -0.4 is 26.6 Å². The molecule has 1 unspecified atom stereocenters. The van der Waals surface area contributed by atoms with Crippen molar-refractivity contribution in [2.24, 2.45) is 4.99 Å². The van der Waals surface area contributed by atoms with Crippen LogP contribution >= 0.6 is 0 Å². The molecule has 212 valence electrons. The fourth-order valence-corrected chi connectivity index (χ4v) is 4.11. The molecule has 2 heterocycles. The molecule has 12 heteroatoms. The molecule has 0 aliphatic carbocycles. The topological polar surface area (TPSA) is 178 Å². The number of rotatable bonds is 10. The Kier molecular flexibility index (Phi) is 9.28. The molecule has 7 N–H and O–H groups in total. The van der Waals surface area contributed by atoms with Crippen molar-refractivity contribution in [3.05, 3.63) is 96.0 Å². The number of aliphatic hydroxyl groups excluding tert-OH is 2. The molecule has 1 aromatic heterocycles. The maximum atomic E-state index is 12.8. The molecular weight excluding hydrogens is 524 g/mol. The number of aliphatic hydroxyl groups is 2. The number of nitrogens with two attached hydrogens (primary N) is 1. The highest BCUT2D eigenvalue weighted by Gasteiger charge is 2.26. The van der Waals surface area contributed by atoms with Gasteiger partial charge in [0.1, 0.15) is 18.1 Å². The zero-order valence-corrected chi connectivity index (χ0v) is 22.7. The number of aromatic nitrogens is 2. The minimum Gasteiger partial charge on any atom is -0.516 e. The molecule has 2 atom stereocenters. The van der Waals surface area contributed by atoms with E-state index in [2.05, 4.69) is 30.9 Å². The molecule has 4 rings (SSSR count). The van der Waals surface area contributed by atoms with Crippen LogP contribution in [0.3, 0.4) is 0 Å². The molecule has 3 amide bonds. The molecular formula is C29H32N8O4. The van der Waals surface area contributed by atoms with Crippen LogP contribution in [0.15, 0.2) is 84.3 Å². The van der Waals surface area contributed by atoms with Crippen molar-refractivity contribution in [3.63, 3.8) is 0 Å². The Morgan fingerprint density at radius 1 is 1.27 bits per heavy atom. The number of carbonyl (C=O) groups is 2. The number of hydrogen-bond acceptors (Lipinski definition) is 9. The van der Waals surface area contributed by atoms with Gasteiger partial charge in [-0.15, -0.1) is 0 Å². The van der Waals surface area contributed by atoms with Crippen molar-refractivity contribution < 1.29 is 19.8 Å². The highest BCUT2D eigenvalue weighted by molar-refractivity contribution is 6.09. The summed E-state index contributed by atoms with van der Waals surface area (Å²) in [6.45, 7) is 3.80. The van der Waals surface area contributed by atoms with Gasteiger partial charge in [0.25, 0.3) is 0 Å². The van der Waals surface area contributed by atoms with Crippen molar-refractivity contribution in [2.45, 2.75) is 39.1 Å². The van der Waals surface area contributed by atoms with E-state index in [0.717, 1.165) is 23.0 Å². The number of hydrogen-bond donors (Lipinski definition) is 6. The number of allylic oxidation sites excluding steroid dienone is 1. The highest BCUT2D eigenvalue weighted by Crippen LogP contribution is 2.30. The molecule has 2 aromatic carbocycles. The van der Waals surface area contributed by atoms with Crippen LogP contribution in [0.4, 0.5) is 27.9 Å². The van der Waals surface area contributed by atoms with Crippen molar-refractivity contribution in [3.8, 4) is 0 Å². The van der Waals surface area contributed by atoms with E-state index < -0.39 is 12.3 Å². The Balaban J connectivity index is 1.33. The number of aryl methyl sites for hydroxylation is 1. The number of benzene rings is 2. The molecule has 3 aromatic rings. The quantitative estimate of drug-likeness (QED) is 0.125. The average Bonchev–Trinajstić information content (AvgIpc) is 2.96. The second-order valence-corrected chi connectivity index (χ2v) is 9.30. The Labute approximate surface area is 237 Å². The Morgan fingerprint density at radius 2 is 2.05 bits per heavy atom. The molecule has 1 aliphatic rings. The summed E-state index contributed by atoms with van der Waals surface area (Å²) in [6, 6.07) is 13.6. The maximum absolute atomic E-state index is 12.8. The van der Waals surface area contributed by atoms with Gasteiger partial charge in [-0.05, 0) is 49.4 Å². The lowest BCUT2D eigenvalue weighted by Gasteiger charge is -2.30. The molecule has 1 aliphatic heterocycles. The van der Waals surface area contributed by atoms with Crippen molar-refractivity contribution in [1.29, 1.82) is 0 Å². The van der Waals surface area contributed by atoms with Crippen molar-refractivity contribution >= 4 is 40.8 Å². The number of nitrogen functional groups attached to an aromatic ring is 1. The normalized spacial score (nSPS) is 15.0. The van der Waals surface area contributed by atoms with Crippen molar-refractivity contribution in [1.82, 2.24) is 15.3 Å². The summed E-state index contributed by atoms with van der Waals surface area (Å²) >= 11 is 0. The molecule has 0 fully saturated rings. The summed E-state index contributed by atoms with van der Waals surface area (Å²) in [5, 5.41) is 28.1. The summed E-state index contributed by atoms with van der Waals surface area (Å²) in [5.74, 6) is 0.124. The van der Waals surface area contributed by atoms with E-state index in [1.165, 1.54) is 12.3 Å². The Hall–Kier alpha value is -5.23. The first-order valence-corrected chi connectivity index (χ1v) is 12.9. The average molecular weight is 557 g/mol. The first kappa shape index (κ1) is 28.8. The van der Waals surface area contributed by atoms with Gasteiger partial charge < -0.3 is 26.6 Å². The highest BCUT2D eigenvalue weighted by atomic mass is 16.3. The van der Waals surface area contributed by atoms with E-state index >= 15 is 0 Å². The number of urea groups is 1. The predicted molar refractivity (Wildman–Crippen MR) is 159 cm³/mol. The monoisotopic (exact) mass is 556 g/mol. The lowest BCUT2D eigenvalue weighted by Crippen LogP contribution is -2.39. The minimum atomic E-state index is -0.958. The summed E-state index contributed by atoms with van der Waals surface area (Å²) in [7, 11) is 0. The molecule has 0 bridgehead atoms. The zero-order chi connectivity index (χ0) is 29.4. The number of aliphatic imine (C=N–C) groups is 1. The van der Waals surface area contributed by atoms with E-state index in [1.54, 1.807) is 36.2 Å². The Morgan fingerprint density at radius 3 is 2.80 bits per heavy atom. The van der Waals surface area contributed by atoms with Gasteiger partial charge in [0.05, 0.1) is 24.2 Å². The fraction of sp³-hybridized carbons (Fsp3) is 0.207. The molecule has 0 saturated heterocycles. The molecule has 0 spiro atoms. The number of carbonyl (C=O) groups excluding carboxylic acids is 2. The third-order valence-corrected chi connectivity index (χ3v) is 6.23. The molecule has 0 saturated carbocycles. The SMILES string of the molecule is Cc1ccc(NC(O)C/C=C/NC(=O)[C@H](C)/N=C(\C=C\O)c2ccccc2)cc1N1Cc2cnc(N)nc2NC1=O. The predicted octanol–water partition coefficient (Wildman–Crippen LogP) is 3.62. The van der Waals surface area contributed by atoms with Gasteiger partial charge in [-0.1, -0.05) is 42.5 Å². The first-order valence-electron chi connectivity index (χ1n) is 12.9. The van der Waals surface area contributed by atoms with Crippen molar-refractivity contribution in [2.75, 3.05) is 21.3 Å². The third kappa shape index (κ3) is 7.46. The fourth-order valence-electron chi connectivity index (χ4n) is 4.11. The number of nitrogens with zero attached hydrogens (tertiary/aromatic N) is 4. The van der Waals surface area contributed by atoms with E-state index in [-0.39, 0.29) is 30.9 Å². The van der Waals surface area contributed by atoms with Crippen LogP contribution in [0.2, 0.25) is 0 Å².